The van der Waals surface area contributed by atoms with Gasteiger partial charge in [0.25, 0.3) is 0 Å². The summed E-state index contributed by atoms with van der Waals surface area (Å²) in [5, 5.41) is 9.03. The zero-order chi connectivity index (χ0) is 13.2. The minimum atomic E-state index is -0.923. The maximum atomic E-state index is 11.0. The van der Waals surface area contributed by atoms with Crippen molar-refractivity contribution in [3.63, 3.8) is 0 Å². The molecule has 0 unspecified atom stereocenters. The number of rotatable bonds is 3. The molecule has 0 radical (unpaired) electrons. The Morgan fingerprint density at radius 1 is 1.37 bits per heavy atom. The highest BCUT2D eigenvalue weighted by Crippen LogP contribution is 2.12. The number of aromatic nitrogens is 2. The van der Waals surface area contributed by atoms with E-state index in [-0.39, 0.29) is 5.56 Å². The standard InChI is InChI=1S/C13H15N3O3/c17-13(18)10-1-2-12-14-7-11(16(12)8-10)9-15-3-5-19-6-4-15/h1-2,7-8H,3-6,9H2,(H,17,18). The summed E-state index contributed by atoms with van der Waals surface area (Å²) in [6, 6.07) is 3.30. The van der Waals surface area contributed by atoms with E-state index in [4.69, 9.17) is 9.84 Å². The van der Waals surface area contributed by atoms with Crippen molar-refractivity contribution in [2.75, 3.05) is 26.3 Å². The van der Waals surface area contributed by atoms with Gasteiger partial charge in [-0.25, -0.2) is 9.78 Å². The SMILES string of the molecule is O=C(O)c1ccc2ncc(CN3CCOCC3)n2c1. The van der Waals surface area contributed by atoms with Crippen molar-refractivity contribution in [3.05, 3.63) is 35.8 Å². The van der Waals surface area contributed by atoms with E-state index < -0.39 is 5.97 Å². The fourth-order valence-electron chi connectivity index (χ4n) is 2.26. The van der Waals surface area contributed by atoms with Gasteiger partial charge in [-0.2, -0.15) is 0 Å². The van der Waals surface area contributed by atoms with Crippen LogP contribution in [0.5, 0.6) is 0 Å². The van der Waals surface area contributed by atoms with Gasteiger partial charge in [-0.3, -0.25) is 4.90 Å². The summed E-state index contributed by atoms with van der Waals surface area (Å²) < 4.78 is 7.16. The smallest absolute Gasteiger partial charge is 0.337 e. The second-order valence-electron chi connectivity index (χ2n) is 4.59. The van der Waals surface area contributed by atoms with Crippen LogP contribution in [-0.4, -0.2) is 51.7 Å². The van der Waals surface area contributed by atoms with Crippen molar-refractivity contribution in [1.82, 2.24) is 14.3 Å². The van der Waals surface area contributed by atoms with Gasteiger partial charge < -0.3 is 14.2 Å². The second kappa shape index (κ2) is 4.99. The number of fused-ring (bicyclic) bond motifs is 1. The van der Waals surface area contributed by atoms with Crippen molar-refractivity contribution in [2.24, 2.45) is 0 Å². The number of morpholine rings is 1. The zero-order valence-electron chi connectivity index (χ0n) is 10.5. The lowest BCUT2D eigenvalue weighted by molar-refractivity contribution is 0.0335. The van der Waals surface area contributed by atoms with E-state index in [0.29, 0.717) is 0 Å². The number of carbonyl (C=O) groups is 1. The van der Waals surface area contributed by atoms with Crippen molar-refractivity contribution in [3.8, 4) is 0 Å². The Bertz CT molecular complexity index is 602. The average molecular weight is 261 g/mol. The van der Waals surface area contributed by atoms with E-state index in [9.17, 15) is 4.79 Å². The summed E-state index contributed by atoms with van der Waals surface area (Å²) in [6.07, 6.45) is 3.43. The fraction of sp³-hybridized carbons (Fsp3) is 0.385. The zero-order valence-corrected chi connectivity index (χ0v) is 10.5. The molecule has 1 N–H and O–H groups in total. The molecular formula is C13H15N3O3. The van der Waals surface area contributed by atoms with Crippen LogP contribution in [0.1, 0.15) is 16.1 Å². The van der Waals surface area contributed by atoms with Gasteiger partial charge >= 0.3 is 5.97 Å². The van der Waals surface area contributed by atoms with Crippen LogP contribution >= 0.6 is 0 Å². The van der Waals surface area contributed by atoms with E-state index in [0.717, 1.165) is 44.2 Å². The fourth-order valence-corrected chi connectivity index (χ4v) is 2.26. The summed E-state index contributed by atoms with van der Waals surface area (Å²) in [5.74, 6) is -0.923. The first kappa shape index (κ1) is 12.1. The lowest BCUT2D eigenvalue weighted by Gasteiger charge is -2.26. The monoisotopic (exact) mass is 261 g/mol. The van der Waals surface area contributed by atoms with Crippen LogP contribution in [0.3, 0.4) is 0 Å². The number of carboxylic acid groups (broad SMARTS) is 1. The van der Waals surface area contributed by atoms with Gasteiger partial charge in [0.2, 0.25) is 0 Å². The second-order valence-corrected chi connectivity index (χ2v) is 4.59. The molecule has 0 atom stereocenters. The molecule has 0 aliphatic carbocycles. The van der Waals surface area contributed by atoms with Gasteiger partial charge in [-0.05, 0) is 12.1 Å². The average Bonchev–Trinajstić information content (AvgIpc) is 2.82. The number of ether oxygens (including phenoxy) is 1. The third-order valence-electron chi connectivity index (χ3n) is 3.32. The predicted molar refractivity (Wildman–Crippen MR) is 68.2 cm³/mol. The Morgan fingerprint density at radius 3 is 2.89 bits per heavy atom. The van der Waals surface area contributed by atoms with E-state index in [1.165, 1.54) is 0 Å². The minimum Gasteiger partial charge on any atom is -0.478 e. The molecule has 0 saturated carbocycles. The number of hydrogen-bond donors (Lipinski definition) is 1. The van der Waals surface area contributed by atoms with Crippen LogP contribution in [0, 0.1) is 0 Å². The lowest BCUT2D eigenvalue weighted by Crippen LogP contribution is -2.35. The first-order valence-electron chi connectivity index (χ1n) is 6.23. The molecule has 100 valence electrons. The van der Waals surface area contributed by atoms with Crippen molar-refractivity contribution in [1.29, 1.82) is 0 Å². The predicted octanol–water partition coefficient (Wildman–Crippen LogP) is 0.865. The first-order chi connectivity index (χ1) is 9.24. The van der Waals surface area contributed by atoms with Gasteiger partial charge in [-0.15, -0.1) is 0 Å². The molecule has 1 aliphatic heterocycles. The highest BCUT2D eigenvalue weighted by molar-refractivity contribution is 5.87. The Labute approximate surface area is 110 Å². The van der Waals surface area contributed by atoms with Crippen LogP contribution < -0.4 is 0 Å². The molecule has 3 rings (SSSR count). The van der Waals surface area contributed by atoms with E-state index in [2.05, 4.69) is 9.88 Å². The molecule has 2 aromatic rings. The molecule has 19 heavy (non-hydrogen) atoms. The first-order valence-corrected chi connectivity index (χ1v) is 6.23. The number of aromatic carboxylic acids is 1. The Hall–Kier alpha value is -1.92. The molecule has 3 heterocycles. The van der Waals surface area contributed by atoms with Crippen molar-refractivity contribution in [2.45, 2.75) is 6.54 Å². The molecule has 0 spiro atoms. The van der Waals surface area contributed by atoms with Crippen LogP contribution in [0.25, 0.3) is 5.65 Å². The molecule has 1 aliphatic rings. The Balaban J connectivity index is 1.89. The molecular weight excluding hydrogens is 246 g/mol. The normalized spacial score (nSPS) is 16.8. The maximum Gasteiger partial charge on any atom is 0.337 e. The van der Waals surface area contributed by atoms with Crippen LogP contribution in [0.4, 0.5) is 0 Å². The lowest BCUT2D eigenvalue weighted by atomic mass is 10.3. The summed E-state index contributed by atoms with van der Waals surface area (Å²) >= 11 is 0. The van der Waals surface area contributed by atoms with Crippen LogP contribution in [0.15, 0.2) is 24.5 Å². The van der Waals surface area contributed by atoms with Gasteiger partial charge in [-0.1, -0.05) is 0 Å². The quantitative estimate of drug-likeness (QED) is 0.887. The highest BCUT2D eigenvalue weighted by atomic mass is 16.5. The summed E-state index contributed by atoms with van der Waals surface area (Å²) in [6.45, 7) is 4.04. The molecule has 6 nitrogen and oxygen atoms in total. The molecule has 6 heteroatoms. The van der Waals surface area contributed by atoms with Crippen LogP contribution in [-0.2, 0) is 11.3 Å². The van der Waals surface area contributed by atoms with E-state index in [1.807, 2.05) is 4.40 Å². The van der Waals surface area contributed by atoms with Crippen LogP contribution in [0.2, 0.25) is 0 Å². The molecule has 2 aromatic heterocycles. The summed E-state index contributed by atoms with van der Waals surface area (Å²) in [7, 11) is 0. The largest absolute Gasteiger partial charge is 0.478 e. The summed E-state index contributed by atoms with van der Waals surface area (Å²) in [5.41, 5.74) is 2.04. The van der Waals surface area contributed by atoms with Crippen molar-refractivity contribution >= 4 is 11.6 Å². The number of nitrogens with zero attached hydrogens (tertiary/aromatic N) is 3. The van der Waals surface area contributed by atoms with Gasteiger partial charge in [0.05, 0.1) is 30.7 Å². The molecule has 0 amide bonds. The minimum absolute atomic E-state index is 0.272. The number of hydrogen-bond acceptors (Lipinski definition) is 4. The molecule has 1 fully saturated rings. The van der Waals surface area contributed by atoms with Gasteiger partial charge in [0.15, 0.2) is 0 Å². The number of imidazole rings is 1. The Morgan fingerprint density at radius 2 is 2.16 bits per heavy atom. The number of pyridine rings is 1. The third kappa shape index (κ3) is 2.45. The van der Waals surface area contributed by atoms with Crippen molar-refractivity contribution < 1.29 is 14.6 Å². The van der Waals surface area contributed by atoms with Gasteiger partial charge in [0, 0.05) is 25.8 Å². The highest BCUT2D eigenvalue weighted by Gasteiger charge is 2.14. The molecule has 0 aromatic carbocycles. The Kier molecular flexibility index (Phi) is 3.18. The van der Waals surface area contributed by atoms with Gasteiger partial charge in [0.1, 0.15) is 5.65 Å². The topological polar surface area (TPSA) is 67.1 Å². The summed E-state index contributed by atoms with van der Waals surface area (Å²) in [4.78, 5) is 17.6. The third-order valence-corrected chi connectivity index (χ3v) is 3.32. The molecule has 1 saturated heterocycles. The molecule has 0 bridgehead atoms. The number of carboxylic acids is 1. The van der Waals surface area contributed by atoms with E-state index in [1.54, 1.807) is 24.5 Å². The maximum absolute atomic E-state index is 11.0. The van der Waals surface area contributed by atoms with E-state index >= 15 is 0 Å².